The summed E-state index contributed by atoms with van der Waals surface area (Å²) in [4.78, 5) is 0. The van der Waals surface area contributed by atoms with Crippen molar-refractivity contribution < 1.29 is 0 Å². The van der Waals surface area contributed by atoms with Crippen LogP contribution in [0, 0.1) is 28.6 Å². The van der Waals surface area contributed by atoms with E-state index in [1.165, 1.54) is 0 Å². The van der Waals surface area contributed by atoms with Crippen LogP contribution in [0.3, 0.4) is 0 Å². The van der Waals surface area contributed by atoms with Gasteiger partial charge in [0.25, 0.3) is 0 Å². The van der Waals surface area contributed by atoms with Crippen LogP contribution < -0.4 is 0 Å². The summed E-state index contributed by atoms with van der Waals surface area (Å²) in [5, 5.41) is 18.3. The molecule has 0 radical (unpaired) electrons. The van der Waals surface area contributed by atoms with Crippen LogP contribution in [-0.2, 0) is 12.8 Å². The molecule has 0 bridgehead atoms. The molecule has 1 rings (SSSR count). The summed E-state index contributed by atoms with van der Waals surface area (Å²) < 4.78 is 0. The van der Waals surface area contributed by atoms with Gasteiger partial charge in [-0.15, -0.1) is 0 Å². The third-order valence-corrected chi connectivity index (χ3v) is 2.61. The molecule has 0 amide bonds. The van der Waals surface area contributed by atoms with E-state index in [9.17, 15) is 0 Å². The summed E-state index contributed by atoms with van der Waals surface area (Å²) in [6, 6.07) is 7.74. The number of rotatable bonds is 3. The molecule has 0 saturated carbocycles. The van der Waals surface area contributed by atoms with E-state index < -0.39 is 0 Å². The molecule has 16 heavy (non-hydrogen) atoms. The molecular formula is C13H13ClN2. The zero-order valence-electron chi connectivity index (χ0n) is 9.42. The van der Waals surface area contributed by atoms with Gasteiger partial charge in [0.1, 0.15) is 0 Å². The first kappa shape index (κ1) is 12.6. The van der Waals surface area contributed by atoms with Gasteiger partial charge in [-0.25, -0.2) is 0 Å². The lowest BCUT2D eigenvalue weighted by molar-refractivity contribution is 0.646. The standard InChI is InChI=1S/C13H13ClN2/c1-9(2)5-12-11(8-16)6-10(3-4-15)7-13(12)14/h6-7,9H,3,5H2,1-2H3. The fourth-order valence-corrected chi connectivity index (χ4v) is 1.92. The van der Waals surface area contributed by atoms with Gasteiger partial charge >= 0.3 is 0 Å². The van der Waals surface area contributed by atoms with Gasteiger partial charge in [0.05, 0.1) is 24.1 Å². The highest BCUT2D eigenvalue weighted by atomic mass is 35.5. The quantitative estimate of drug-likeness (QED) is 0.801. The molecule has 82 valence electrons. The molecule has 3 heteroatoms. The summed E-state index contributed by atoms with van der Waals surface area (Å²) in [5.41, 5.74) is 2.28. The molecule has 0 N–H and O–H groups in total. The number of hydrogen-bond acceptors (Lipinski definition) is 2. The van der Waals surface area contributed by atoms with E-state index in [2.05, 4.69) is 26.0 Å². The molecule has 2 nitrogen and oxygen atoms in total. The molecule has 0 aliphatic carbocycles. The first-order chi connectivity index (χ1) is 7.58. The maximum Gasteiger partial charge on any atom is 0.0995 e. The summed E-state index contributed by atoms with van der Waals surface area (Å²) in [5.74, 6) is 0.450. The highest BCUT2D eigenvalue weighted by Crippen LogP contribution is 2.25. The van der Waals surface area contributed by atoms with Crippen molar-refractivity contribution in [2.75, 3.05) is 0 Å². The molecular weight excluding hydrogens is 220 g/mol. The molecule has 0 spiro atoms. The lowest BCUT2D eigenvalue weighted by Gasteiger charge is -2.10. The van der Waals surface area contributed by atoms with Crippen molar-refractivity contribution >= 4 is 11.6 Å². The Kier molecular flexibility index (Phi) is 4.35. The van der Waals surface area contributed by atoms with Gasteiger partial charge in [-0.3, -0.25) is 0 Å². The van der Waals surface area contributed by atoms with Crippen LogP contribution in [-0.4, -0.2) is 0 Å². The first-order valence-corrected chi connectivity index (χ1v) is 5.54. The minimum atomic E-state index is 0.288. The van der Waals surface area contributed by atoms with E-state index in [-0.39, 0.29) is 6.42 Å². The Morgan fingerprint density at radius 3 is 2.50 bits per heavy atom. The van der Waals surface area contributed by atoms with Gasteiger partial charge in [-0.2, -0.15) is 10.5 Å². The van der Waals surface area contributed by atoms with Crippen LogP contribution in [0.5, 0.6) is 0 Å². The molecule has 1 aromatic carbocycles. The second kappa shape index (κ2) is 5.54. The van der Waals surface area contributed by atoms with Crippen molar-refractivity contribution in [3.63, 3.8) is 0 Å². The minimum absolute atomic E-state index is 0.288. The van der Waals surface area contributed by atoms with Crippen LogP contribution in [0.1, 0.15) is 30.5 Å². The Bertz CT molecular complexity index is 464. The van der Waals surface area contributed by atoms with E-state index in [0.29, 0.717) is 16.5 Å². The monoisotopic (exact) mass is 232 g/mol. The van der Waals surface area contributed by atoms with Gasteiger partial charge in [0.2, 0.25) is 0 Å². The number of nitrogens with zero attached hydrogens (tertiary/aromatic N) is 2. The summed E-state index contributed by atoms with van der Waals surface area (Å²) in [6.07, 6.45) is 1.07. The number of hydrogen-bond donors (Lipinski definition) is 0. The third kappa shape index (κ3) is 2.99. The Balaban J connectivity index is 3.20. The van der Waals surface area contributed by atoms with Crippen molar-refractivity contribution in [1.29, 1.82) is 10.5 Å². The fourth-order valence-electron chi connectivity index (χ4n) is 1.60. The highest BCUT2D eigenvalue weighted by molar-refractivity contribution is 6.31. The van der Waals surface area contributed by atoms with Gasteiger partial charge in [-0.1, -0.05) is 25.4 Å². The predicted molar refractivity (Wildman–Crippen MR) is 64.0 cm³/mol. The van der Waals surface area contributed by atoms with Gasteiger partial charge < -0.3 is 0 Å². The normalized spacial score (nSPS) is 9.88. The maximum absolute atomic E-state index is 9.06. The molecule has 0 aromatic heterocycles. The molecule has 0 fully saturated rings. The lowest BCUT2D eigenvalue weighted by atomic mass is 9.96. The lowest BCUT2D eigenvalue weighted by Crippen LogP contribution is -2.00. The molecule has 0 heterocycles. The van der Waals surface area contributed by atoms with Crippen molar-refractivity contribution in [3.8, 4) is 12.1 Å². The van der Waals surface area contributed by atoms with Crippen molar-refractivity contribution in [2.24, 2.45) is 5.92 Å². The summed E-state index contributed by atoms with van der Waals surface area (Å²) in [6.45, 7) is 4.17. The average Bonchev–Trinajstić information content (AvgIpc) is 2.21. The summed E-state index contributed by atoms with van der Waals surface area (Å²) in [7, 11) is 0. The Morgan fingerprint density at radius 1 is 1.31 bits per heavy atom. The van der Waals surface area contributed by atoms with E-state index >= 15 is 0 Å². The smallest absolute Gasteiger partial charge is 0.0995 e. The van der Waals surface area contributed by atoms with E-state index in [0.717, 1.165) is 17.5 Å². The van der Waals surface area contributed by atoms with Crippen LogP contribution in [0.15, 0.2) is 12.1 Å². The Labute approximate surface area is 101 Å². The van der Waals surface area contributed by atoms with Crippen LogP contribution in [0.25, 0.3) is 0 Å². The second-order valence-corrected chi connectivity index (χ2v) is 4.56. The zero-order chi connectivity index (χ0) is 12.1. The number of benzene rings is 1. The van der Waals surface area contributed by atoms with Gasteiger partial charge in [0.15, 0.2) is 0 Å². The predicted octanol–water partition coefficient (Wildman–Crippen LogP) is 3.48. The molecule has 0 aliphatic heterocycles. The first-order valence-electron chi connectivity index (χ1n) is 5.16. The van der Waals surface area contributed by atoms with Crippen LogP contribution in [0.2, 0.25) is 5.02 Å². The molecule has 0 atom stereocenters. The third-order valence-electron chi connectivity index (χ3n) is 2.27. The molecule has 1 aromatic rings. The minimum Gasteiger partial charge on any atom is -0.198 e. The van der Waals surface area contributed by atoms with E-state index in [4.69, 9.17) is 22.1 Å². The Hall–Kier alpha value is -1.51. The molecule has 0 saturated heterocycles. The van der Waals surface area contributed by atoms with Crippen molar-refractivity contribution in [1.82, 2.24) is 0 Å². The molecule has 0 unspecified atom stereocenters. The zero-order valence-corrected chi connectivity index (χ0v) is 10.2. The average molecular weight is 233 g/mol. The van der Waals surface area contributed by atoms with Gasteiger partial charge in [-0.05, 0) is 35.6 Å². The second-order valence-electron chi connectivity index (χ2n) is 4.15. The Morgan fingerprint density at radius 2 is 2.00 bits per heavy atom. The molecule has 0 aliphatic rings. The maximum atomic E-state index is 9.06. The number of halogens is 1. The SMILES string of the molecule is CC(C)Cc1c(Cl)cc(CC#N)cc1C#N. The highest BCUT2D eigenvalue weighted by Gasteiger charge is 2.11. The van der Waals surface area contributed by atoms with Crippen LogP contribution >= 0.6 is 11.6 Å². The topological polar surface area (TPSA) is 47.6 Å². The van der Waals surface area contributed by atoms with Gasteiger partial charge in [0, 0.05) is 5.02 Å². The van der Waals surface area contributed by atoms with Crippen LogP contribution in [0.4, 0.5) is 0 Å². The van der Waals surface area contributed by atoms with Crippen molar-refractivity contribution in [2.45, 2.75) is 26.7 Å². The fraction of sp³-hybridized carbons (Fsp3) is 0.385. The van der Waals surface area contributed by atoms with Crippen molar-refractivity contribution in [3.05, 3.63) is 33.8 Å². The largest absolute Gasteiger partial charge is 0.198 e. The van der Waals surface area contributed by atoms with E-state index in [1.807, 2.05) is 0 Å². The van der Waals surface area contributed by atoms with E-state index in [1.54, 1.807) is 12.1 Å². The number of nitriles is 2. The summed E-state index contributed by atoms with van der Waals surface area (Å²) >= 11 is 6.13.